The normalized spacial score (nSPS) is 13.3. The molecule has 0 saturated heterocycles. The number of rotatable bonds is 7. The maximum Gasteiger partial charge on any atom is 0.279 e. The van der Waals surface area contributed by atoms with Crippen LogP contribution >= 0.6 is 0 Å². The molecule has 0 aliphatic heterocycles. The number of anilines is 1. The Balaban J connectivity index is 1.83. The lowest BCUT2D eigenvalue weighted by Gasteiger charge is -2.12. The highest BCUT2D eigenvalue weighted by Crippen LogP contribution is 2.20. The minimum absolute atomic E-state index is 0.0315. The zero-order valence-corrected chi connectivity index (χ0v) is 14.3. The summed E-state index contributed by atoms with van der Waals surface area (Å²) in [5, 5.41) is 5.02. The van der Waals surface area contributed by atoms with Gasteiger partial charge in [0.2, 0.25) is 0 Å². The Labute approximate surface area is 139 Å². The van der Waals surface area contributed by atoms with E-state index in [-0.39, 0.29) is 11.9 Å². The molecular weight excluding hydrogens is 284 g/mol. The SMILES string of the molecule is CC[C@@H](C)c1ccc(NC(=O)C[NH2+][C@@H](C)c2ccccc2)cc1. The Morgan fingerprint density at radius 1 is 1.00 bits per heavy atom. The van der Waals surface area contributed by atoms with Gasteiger partial charge in [0.1, 0.15) is 6.04 Å². The molecule has 0 radical (unpaired) electrons. The molecule has 122 valence electrons. The first-order valence-electron chi connectivity index (χ1n) is 8.38. The van der Waals surface area contributed by atoms with Gasteiger partial charge in [0, 0.05) is 11.3 Å². The number of carbonyl (C=O) groups excluding carboxylic acids is 1. The summed E-state index contributed by atoms with van der Waals surface area (Å²) in [5.41, 5.74) is 3.41. The van der Waals surface area contributed by atoms with Crippen LogP contribution in [0, 0.1) is 0 Å². The van der Waals surface area contributed by atoms with Crippen molar-refractivity contribution in [3.8, 4) is 0 Å². The molecule has 0 unspecified atom stereocenters. The topological polar surface area (TPSA) is 45.7 Å². The Kier molecular flexibility index (Phi) is 6.36. The van der Waals surface area contributed by atoms with E-state index >= 15 is 0 Å². The summed E-state index contributed by atoms with van der Waals surface area (Å²) in [5.74, 6) is 0.587. The summed E-state index contributed by atoms with van der Waals surface area (Å²) in [6, 6.07) is 18.7. The molecular formula is C20H27N2O+. The average molecular weight is 311 g/mol. The highest BCUT2D eigenvalue weighted by molar-refractivity contribution is 5.91. The van der Waals surface area contributed by atoms with E-state index in [9.17, 15) is 4.79 Å². The van der Waals surface area contributed by atoms with Crippen LogP contribution in [0.1, 0.15) is 50.3 Å². The van der Waals surface area contributed by atoms with Crippen molar-refractivity contribution in [2.45, 2.75) is 39.2 Å². The van der Waals surface area contributed by atoms with Crippen LogP contribution in [0.4, 0.5) is 5.69 Å². The van der Waals surface area contributed by atoms with Gasteiger partial charge in [-0.2, -0.15) is 0 Å². The van der Waals surface area contributed by atoms with Crippen LogP contribution in [0.15, 0.2) is 54.6 Å². The molecule has 1 amide bonds. The number of hydrogen-bond donors (Lipinski definition) is 2. The van der Waals surface area contributed by atoms with Crippen molar-refractivity contribution in [1.82, 2.24) is 0 Å². The van der Waals surface area contributed by atoms with Crippen LogP contribution in [0.25, 0.3) is 0 Å². The number of nitrogens with two attached hydrogens (primary N) is 1. The number of benzene rings is 2. The Morgan fingerprint density at radius 2 is 1.65 bits per heavy atom. The zero-order chi connectivity index (χ0) is 16.7. The van der Waals surface area contributed by atoms with E-state index in [4.69, 9.17) is 0 Å². The highest BCUT2D eigenvalue weighted by atomic mass is 16.1. The molecule has 3 heteroatoms. The van der Waals surface area contributed by atoms with E-state index in [0.29, 0.717) is 12.5 Å². The predicted molar refractivity (Wildman–Crippen MR) is 95.4 cm³/mol. The fourth-order valence-corrected chi connectivity index (χ4v) is 2.52. The molecule has 2 aromatic carbocycles. The van der Waals surface area contributed by atoms with Crippen LogP contribution in [0.3, 0.4) is 0 Å². The summed E-state index contributed by atoms with van der Waals surface area (Å²) in [6.07, 6.45) is 1.12. The van der Waals surface area contributed by atoms with Crippen LogP contribution in [-0.2, 0) is 4.79 Å². The third-order valence-electron chi connectivity index (χ3n) is 4.36. The van der Waals surface area contributed by atoms with E-state index in [2.05, 4.69) is 55.7 Å². The smallest absolute Gasteiger partial charge is 0.279 e. The molecule has 0 aromatic heterocycles. The molecule has 2 rings (SSSR count). The van der Waals surface area contributed by atoms with Crippen molar-refractivity contribution in [2.75, 3.05) is 11.9 Å². The molecule has 23 heavy (non-hydrogen) atoms. The minimum atomic E-state index is 0.0315. The largest absolute Gasteiger partial charge is 0.333 e. The van der Waals surface area contributed by atoms with Gasteiger partial charge in [0.15, 0.2) is 6.54 Å². The minimum Gasteiger partial charge on any atom is -0.333 e. The van der Waals surface area contributed by atoms with E-state index in [1.54, 1.807) is 0 Å². The van der Waals surface area contributed by atoms with Crippen LogP contribution in [-0.4, -0.2) is 12.5 Å². The molecule has 0 aliphatic carbocycles. The second-order valence-corrected chi connectivity index (χ2v) is 6.12. The highest BCUT2D eigenvalue weighted by Gasteiger charge is 2.11. The quantitative estimate of drug-likeness (QED) is 0.808. The lowest BCUT2D eigenvalue weighted by Crippen LogP contribution is -2.86. The number of quaternary nitrogens is 1. The van der Waals surface area contributed by atoms with E-state index < -0.39 is 0 Å². The second kappa shape index (κ2) is 8.49. The van der Waals surface area contributed by atoms with Crippen LogP contribution in [0.5, 0.6) is 0 Å². The lowest BCUT2D eigenvalue weighted by molar-refractivity contribution is -0.682. The molecule has 2 atom stereocenters. The van der Waals surface area contributed by atoms with Crippen molar-refractivity contribution < 1.29 is 10.1 Å². The summed E-state index contributed by atoms with van der Waals surface area (Å²) < 4.78 is 0. The lowest BCUT2D eigenvalue weighted by atomic mass is 9.99. The van der Waals surface area contributed by atoms with Crippen LogP contribution < -0.4 is 10.6 Å². The van der Waals surface area contributed by atoms with Crippen LogP contribution in [0.2, 0.25) is 0 Å². The van der Waals surface area contributed by atoms with Gasteiger partial charge in [0.25, 0.3) is 5.91 Å². The molecule has 0 bridgehead atoms. The van der Waals surface area contributed by atoms with Gasteiger partial charge in [0.05, 0.1) is 0 Å². The van der Waals surface area contributed by atoms with E-state index in [0.717, 1.165) is 12.1 Å². The third-order valence-corrected chi connectivity index (χ3v) is 4.36. The monoisotopic (exact) mass is 311 g/mol. The summed E-state index contributed by atoms with van der Waals surface area (Å²) in [4.78, 5) is 12.1. The first kappa shape index (κ1) is 17.2. The maximum absolute atomic E-state index is 12.1. The maximum atomic E-state index is 12.1. The Hall–Kier alpha value is -2.13. The van der Waals surface area contributed by atoms with Gasteiger partial charge in [-0.25, -0.2) is 0 Å². The average Bonchev–Trinajstić information content (AvgIpc) is 2.60. The van der Waals surface area contributed by atoms with Gasteiger partial charge in [-0.05, 0) is 37.0 Å². The van der Waals surface area contributed by atoms with Gasteiger partial charge >= 0.3 is 0 Å². The molecule has 0 saturated carbocycles. The first-order chi connectivity index (χ1) is 11.1. The van der Waals surface area contributed by atoms with Crippen molar-refractivity contribution in [3.63, 3.8) is 0 Å². The third kappa shape index (κ3) is 5.22. The summed E-state index contributed by atoms with van der Waals surface area (Å²) >= 11 is 0. The molecule has 0 heterocycles. The van der Waals surface area contributed by atoms with E-state index in [1.165, 1.54) is 11.1 Å². The Bertz CT molecular complexity index is 607. The van der Waals surface area contributed by atoms with Gasteiger partial charge in [-0.15, -0.1) is 0 Å². The fourth-order valence-electron chi connectivity index (χ4n) is 2.52. The summed E-state index contributed by atoms with van der Waals surface area (Å²) in [6.45, 7) is 6.93. The number of amides is 1. The van der Waals surface area contributed by atoms with Crippen molar-refractivity contribution >= 4 is 11.6 Å². The van der Waals surface area contributed by atoms with E-state index in [1.807, 2.05) is 30.3 Å². The number of nitrogens with one attached hydrogen (secondary N) is 1. The van der Waals surface area contributed by atoms with Crippen molar-refractivity contribution in [3.05, 3.63) is 65.7 Å². The number of hydrogen-bond acceptors (Lipinski definition) is 1. The molecule has 0 spiro atoms. The predicted octanol–water partition coefficient (Wildman–Crippen LogP) is 3.46. The van der Waals surface area contributed by atoms with Gasteiger partial charge < -0.3 is 10.6 Å². The molecule has 3 nitrogen and oxygen atoms in total. The first-order valence-corrected chi connectivity index (χ1v) is 8.38. The van der Waals surface area contributed by atoms with Gasteiger partial charge in [-0.3, -0.25) is 4.79 Å². The van der Waals surface area contributed by atoms with Crippen molar-refractivity contribution in [2.24, 2.45) is 0 Å². The second-order valence-electron chi connectivity index (χ2n) is 6.12. The summed E-state index contributed by atoms with van der Waals surface area (Å²) in [7, 11) is 0. The molecule has 0 fully saturated rings. The zero-order valence-electron chi connectivity index (χ0n) is 14.3. The van der Waals surface area contributed by atoms with Gasteiger partial charge in [-0.1, -0.05) is 56.3 Å². The molecule has 3 N–H and O–H groups in total. The Morgan fingerprint density at radius 3 is 2.26 bits per heavy atom. The van der Waals surface area contributed by atoms with Crippen molar-refractivity contribution in [1.29, 1.82) is 0 Å². The molecule has 0 aliphatic rings. The molecule has 2 aromatic rings. The number of carbonyl (C=O) groups is 1. The fraction of sp³-hybridized carbons (Fsp3) is 0.350. The standard InChI is InChI=1S/C20H26N2O/c1-4-15(2)17-10-12-19(13-11-17)22-20(23)14-21-16(3)18-8-6-5-7-9-18/h5-13,15-16,21H,4,14H2,1-3H3,(H,22,23)/p+1/t15-,16+/m1/s1.